The van der Waals surface area contributed by atoms with E-state index in [0.717, 1.165) is 23.6 Å². The summed E-state index contributed by atoms with van der Waals surface area (Å²) >= 11 is 0. The molecule has 0 spiro atoms. The number of para-hydroxylation sites is 2. The molecule has 0 saturated heterocycles. The summed E-state index contributed by atoms with van der Waals surface area (Å²) in [7, 11) is 3.88. The molecule has 21 heavy (non-hydrogen) atoms. The van der Waals surface area contributed by atoms with Gasteiger partial charge in [-0.05, 0) is 31.2 Å². The Kier molecular flexibility index (Phi) is 4.77. The molecule has 2 aromatic rings. The van der Waals surface area contributed by atoms with Crippen LogP contribution >= 0.6 is 0 Å². The number of carbonyl (C=O) groups is 1. The second kappa shape index (κ2) is 6.74. The minimum Gasteiger partial charge on any atom is -0.385 e. The molecule has 0 saturated carbocycles. The maximum absolute atomic E-state index is 12.3. The van der Waals surface area contributed by atoms with Gasteiger partial charge in [-0.15, -0.1) is 0 Å². The Morgan fingerprint density at radius 1 is 1.24 bits per heavy atom. The molecule has 1 aromatic heterocycles. The average Bonchev–Trinajstić information content (AvgIpc) is 2.48. The lowest BCUT2D eigenvalue weighted by Gasteiger charge is -2.17. The highest BCUT2D eigenvalue weighted by atomic mass is 16.1. The molecule has 5 nitrogen and oxygen atoms in total. The summed E-state index contributed by atoms with van der Waals surface area (Å²) in [4.78, 5) is 18.4. The average molecular weight is 284 g/mol. The fourth-order valence-electron chi connectivity index (χ4n) is 2.02. The zero-order valence-electron chi connectivity index (χ0n) is 12.6. The van der Waals surface area contributed by atoms with Gasteiger partial charge >= 0.3 is 0 Å². The maximum Gasteiger partial charge on any atom is 0.274 e. The molecule has 0 bridgehead atoms. The molecule has 2 rings (SSSR count). The highest BCUT2D eigenvalue weighted by molar-refractivity contribution is 6.05. The van der Waals surface area contributed by atoms with Crippen LogP contribution in [0.15, 0.2) is 42.6 Å². The fraction of sp³-hybridized carbons (Fsp3) is 0.250. The Hall–Kier alpha value is -2.56. The smallest absolute Gasteiger partial charge is 0.274 e. The van der Waals surface area contributed by atoms with Crippen molar-refractivity contribution in [3.63, 3.8) is 0 Å². The Labute approximate surface area is 125 Å². The molecular weight excluding hydrogens is 264 g/mol. The van der Waals surface area contributed by atoms with Crippen molar-refractivity contribution in [1.29, 1.82) is 0 Å². The van der Waals surface area contributed by atoms with Crippen molar-refractivity contribution in [2.24, 2.45) is 0 Å². The number of carbonyl (C=O) groups excluding carboxylic acids is 1. The lowest BCUT2D eigenvalue weighted by molar-refractivity contribution is 0.102. The number of aromatic nitrogens is 1. The standard InChI is InChI=1S/C16H20N4O/c1-4-17-12-9-10-18-14(11-12)16(21)19-13-7-5-6-8-15(13)20(2)3/h5-11H,4H2,1-3H3,(H,17,18)(H,19,21). The monoisotopic (exact) mass is 284 g/mol. The summed E-state index contributed by atoms with van der Waals surface area (Å²) in [5, 5.41) is 6.07. The quantitative estimate of drug-likeness (QED) is 0.886. The van der Waals surface area contributed by atoms with Gasteiger partial charge in [0, 0.05) is 32.5 Å². The number of benzene rings is 1. The molecule has 0 aliphatic rings. The van der Waals surface area contributed by atoms with Crippen LogP contribution in [0.2, 0.25) is 0 Å². The Morgan fingerprint density at radius 3 is 2.71 bits per heavy atom. The third-order valence-electron chi connectivity index (χ3n) is 3.01. The lowest BCUT2D eigenvalue weighted by Crippen LogP contribution is -2.17. The highest BCUT2D eigenvalue weighted by Gasteiger charge is 2.11. The molecule has 0 aliphatic heterocycles. The van der Waals surface area contributed by atoms with E-state index >= 15 is 0 Å². The first-order valence-electron chi connectivity index (χ1n) is 6.89. The predicted octanol–water partition coefficient (Wildman–Crippen LogP) is 2.83. The van der Waals surface area contributed by atoms with Gasteiger partial charge in [0.05, 0.1) is 11.4 Å². The molecule has 0 fully saturated rings. The van der Waals surface area contributed by atoms with Gasteiger partial charge < -0.3 is 15.5 Å². The molecule has 110 valence electrons. The van der Waals surface area contributed by atoms with Crippen LogP contribution < -0.4 is 15.5 Å². The van der Waals surface area contributed by atoms with E-state index in [1.807, 2.05) is 56.3 Å². The third kappa shape index (κ3) is 3.72. The number of nitrogens with zero attached hydrogens (tertiary/aromatic N) is 2. The largest absolute Gasteiger partial charge is 0.385 e. The van der Waals surface area contributed by atoms with Crippen LogP contribution in [0.4, 0.5) is 17.1 Å². The molecule has 1 aromatic carbocycles. The van der Waals surface area contributed by atoms with Gasteiger partial charge in [0.1, 0.15) is 5.69 Å². The van der Waals surface area contributed by atoms with Gasteiger partial charge in [-0.25, -0.2) is 0 Å². The lowest BCUT2D eigenvalue weighted by atomic mass is 10.2. The number of pyridine rings is 1. The number of amides is 1. The summed E-state index contributed by atoms with van der Waals surface area (Å²) in [6.07, 6.45) is 1.63. The van der Waals surface area contributed by atoms with Crippen molar-refractivity contribution in [2.45, 2.75) is 6.92 Å². The highest BCUT2D eigenvalue weighted by Crippen LogP contribution is 2.24. The molecule has 5 heteroatoms. The molecule has 0 radical (unpaired) electrons. The number of anilines is 3. The Morgan fingerprint density at radius 2 is 2.00 bits per heavy atom. The predicted molar refractivity (Wildman–Crippen MR) is 87.1 cm³/mol. The van der Waals surface area contributed by atoms with Gasteiger partial charge in [-0.2, -0.15) is 0 Å². The molecule has 0 aliphatic carbocycles. The van der Waals surface area contributed by atoms with E-state index in [-0.39, 0.29) is 5.91 Å². The topological polar surface area (TPSA) is 57.3 Å². The normalized spacial score (nSPS) is 10.0. The minimum absolute atomic E-state index is 0.218. The van der Waals surface area contributed by atoms with Crippen LogP contribution in [0.1, 0.15) is 17.4 Å². The van der Waals surface area contributed by atoms with Crippen LogP contribution in [-0.4, -0.2) is 31.5 Å². The zero-order chi connectivity index (χ0) is 15.2. The molecule has 2 N–H and O–H groups in total. The second-order valence-corrected chi connectivity index (χ2v) is 4.83. The number of rotatable bonds is 5. The summed E-state index contributed by atoms with van der Waals surface area (Å²) in [6.45, 7) is 2.81. The van der Waals surface area contributed by atoms with Crippen LogP contribution in [-0.2, 0) is 0 Å². The Balaban J connectivity index is 2.20. The summed E-state index contributed by atoms with van der Waals surface area (Å²) in [6, 6.07) is 11.3. The molecular formula is C16H20N4O. The van der Waals surface area contributed by atoms with E-state index in [0.29, 0.717) is 5.69 Å². The van der Waals surface area contributed by atoms with E-state index in [2.05, 4.69) is 15.6 Å². The zero-order valence-corrected chi connectivity index (χ0v) is 12.6. The maximum atomic E-state index is 12.3. The first-order valence-corrected chi connectivity index (χ1v) is 6.89. The van der Waals surface area contributed by atoms with E-state index in [1.165, 1.54) is 0 Å². The first kappa shape index (κ1) is 14.8. The second-order valence-electron chi connectivity index (χ2n) is 4.83. The molecule has 1 amide bonds. The van der Waals surface area contributed by atoms with E-state index in [9.17, 15) is 4.79 Å². The Bertz CT molecular complexity index is 625. The first-order chi connectivity index (χ1) is 10.1. The SMILES string of the molecule is CCNc1ccnc(C(=O)Nc2ccccc2N(C)C)c1. The van der Waals surface area contributed by atoms with Gasteiger partial charge in [0.25, 0.3) is 5.91 Å². The van der Waals surface area contributed by atoms with E-state index in [1.54, 1.807) is 12.3 Å². The van der Waals surface area contributed by atoms with Gasteiger partial charge in [-0.3, -0.25) is 9.78 Å². The van der Waals surface area contributed by atoms with E-state index in [4.69, 9.17) is 0 Å². The number of nitrogens with one attached hydrogen (secondary N) is 2. The summed E-state index contributed by atoms with van der Waals surface area (Å²) in [5.41, 5.74) is 3.00. The van der Waals surface area contributed by atoms with Crippen LogP contribution in [0, 0.1) is 0 Å². The van der Waals surface area contributed by atoms with Gasteiger partial charge in [0.15, 0.2) is 0 Å². The molecule has 1 heterocycles. The number of hydrogen-bond donors (Lipinski definition) is 2. The molecule has 0 atom stereocenters. The van der Waals surface area contributed by atoms with Crippen LogP contribution in [0.5, 0.6) is 0 Å². The van der Waals surface area contributed by atoms with Crippen molar-refractivity contribution < 1.29 is 4.79 Å². The van der Waals surface area contributed by atoms with Crippen molar-refractivity contribution in [2.75, 3.05) is 36.2 Å². The van der Waals surface area contributed by atoms with Gasteiger partial charge in [-0.1, -0.05) is 12.1 Å². The van der Waals surface area contributed by atoms with Crippen molar-refractivity contribution in [3.05, 3.63) is 48.3 Å². The summed E-state index contributed by atoms with van der Waals surface area (Å²) < 4.78 is 0. The summed E-state index contributed by atoms with van der Waals surface area (Å²) in [5.74, 6) is -0.218. The fourth-order valence-corrected chi connectivity index (χ4v) is 2.02. The van der Waals surface area contributed by atoms with Crippen molar-refractivity contribution in [3.8, 4) is 0 Å². The number of hydrogen-bond acceptors (Lipinski definition) is 4. The van der Waals surface area contributed by atoms with E-state index < -0.39 is 0 Å². The molecule has 0 unspecified atom stereocenters. The van der Waals surface area contributed by atoms with Crippen LogP contribution in [0.25, 0.3) is 0 Å². The minimum atomic E-state index is -0.218. The van der Waals surface area contributed by atoms with Gasteiger partial charge in [0.2, 0.25) is 0 Å². The van der Waals surface area contributed by atoms with Crippen molar-refractivity contribution >= 4 is 23.0 Å². The van der Waals surface area contributed by atoms with Crippen molar-refractivity contribution in [1.82, 2.24) is 4.98 Å². The third-order valence-corrected chi connectivity index (χ3v) is 3.01. The van der Waals surface area contributed by atoms with Crippen LogP contribution in [0.3, 0.4) is 0 Å².